The van der Waals surface area contributed by atoms with Gasteiger partial charge in [0, 0.05) is 12.7 Å². The number of amides is 1. The van der Waals surface area contributed by atoms with Gasteiger partial charge in [-0.05, 0) is 42.8 Å². The molecule has 164 valence electrons. The van der Waals surface area contributed by atoms with Gasteiger partial charge in [-0.2, -0.15) is 0 Å². The topological polar surface area (TPSA) is 86.9 Å². The average molecular weight is 471 g/mol. The maximum atomic E-state index is 13.2. The standard InChI is InChI=1S/C22H19FN4O3S2/c1-13(28)11-24-19-16(20(29)26-9-3-2-4-18(26)25-19)10-17-21(30)27(22(31)32-17)12-14-5-7-15(23)8-6-14/h2-10,13,24,28H,11-12H2,1H3/b17-10-/t13-/m0/s1. The highest BCUT2D eigenvalue weighted by Crippen LogP contribution is 2.34. The molecule has 1 saturated heterocycles. The van der Waals surface area contributed by atoms with Gasteiger partial charge in [-0.1, -0.05) is 42.2 Å². The number of hydrogen-bond acceptors (Lipinski definition) is 7. The van der Waals surface area contributed by atoms with Crippen LogP contribution in [-0.4, -0.2) is 42.3 Å². The van der Waals surface area contributed by atoms with Crippen molar-refractivity contribution in [1.82, 2.24) is 14.3 Å². The van der Waals surface area contributed by atoms with Crippen LogP contribution in [0, 0.1) is 5.82 Å². The number of aliphatic hydroxyl groups is 1. The quantitative estimate of drug-likeness (QED) is 0.423. The van der Waals surface area contributed by atoms with E-state index in [0.29, 0.717) is 9.97 Å². The number of benzene rings is 1. The maximum Gasteiger partial charge on any atom is 0.267 e. The van der Waals surface area contributed by atoms with Gasteiger partial charge in [0.1, 0.15) is 21.6 Å². The third-order valence-corrected chi connectivity index (χ3v) is 6.11. The van der Waals surface area contributed by atoms with Crippen LogP contribution in [0.1, 0.15) is 18.1 Å². The number of rotatable bonds is 6. The smallest absolute Gasteiger partial charge is 0.267 e. The molecule has 1 aliphatic heterocycles. The van der Waals surface area contributed by atoms with Crippen LogP contribution in [0.3, 0.4) is 0 Å². The fourth-order valence-corrected chi connectivity index (χ4v) is 4.39. The lowest BCUT2D eigenvalue weighted by Gasteiger charge is -2.14. The van der Waals surface area contributed by atoms with E-state index in [1.54, 1.807) is 43.5 Å². The van der Waals surface area contributed by atoms with Crippen LogP contribution in [-0.2, 0) is 11.3 Å². The Hall–Kier alpha value is -3.08. The summed E-state index contributed by atoms with van der Waals surface area (Å²) in [7, 11) is 0. The number of carbonyl (C=O) groups is 1. The van der Waals surface area contributed by atoms with Crippen LogP contribution in [0.15, 0.2) is 58.4 Å². The van der Waals surface area contributed by atoms with Gasteiger partial charge >= 0.3 is 0 Å². The van der Waals surface area contributed by atoms with Crippen LogP contribution in [0.2, 0.25) is 0 Å². The lowest BCUT2D eigenvalue weighted by atomic mass is 10.2. The number of nitrogens with one attached hydrogen (secondary N) is 1. The van der Waals surface area contributed by atoms with Crippen molar-refractivity contribution in [3.63, 3.8) is 0 Å². The highest BCUT2D eigenvalue weighted by molar-refractivity contribution is 8.26. The molecule has 0 bridgehead atoms. The molecule has 1 amide bonds. The van der Waals surface area contributed by atoms with Crippen molar-refractivity contribution < 1.29 is 14.3 Å². The van der Waals surface area contributed by atoms with Crippen molar-refractivity contribution in [2.45, 2.75) is 19.6 Å². The molecule has 4 rings (SSSR count). The molecule has 7 nitrogen and oxygen atoms in total. The summed E-state index contributed by atoms with van der Waals surface area (Å²) in [5, 5.41) is 12.6. The fourth-order valence-electron chi connectivity index (χ4n) is 3.15. The van der Waals surface area contributed by atoms with Crippen molar-refractivity contribution >= 4 is 51.7 Å². The van der Waals surface area contributed by atoms with Gasteiger partial charge in [0.15, 0.2) is 0 Å². The monoisotopic (exact) mass is 470 g/mol. The zero-order chi connectivity index (χ0) is 22.8. The first kappa shape index (κ1) is 22.1. The first-order valence-electron chi connectivity index (χ1n) is 9.76. The lowest BCUT2D eigenvalue weighted by molar-refractivity contribution is -0.122. The zero-order valence-electron chi connectivity index (χ0n) is 17.0. The number of aromatic nitrogens is 2. The summed E-state index contributed by atoms with van der Waals surface area (Å²) in [5.41, 5.74) is 1.01. The first-order valence-corrected chi connectivity index (χ1v) is 11.0. The third-order valence-electron chi connectivity index (χ3n) is 4.74. The molecule has 0 radical (unpaired) electrons. The van der Waals surface area contributed by atoms with E-state index in [-0.39, 0.29) is 46.7 Å². The third kappa shape index (κ3) is 4.57. The van der Waals surface area contributed by atoms with Crippen LogP contribution in [0.4, 0.5) is 10.2 Å². The average Bonchev–Trinajstić information content (AvgIpc) is 3.03. The van der Waals surface area contributed by atoms with Crippen molar-refractivity contribution in [3.05, 3.63) is 80.9 Å². The maximum absolute atomic E-state index is 13.2. The van der Waals surface area contributed by atoms with Gasteiger partial charge in [0.2, 0.25) is 0 Å². The summed E-state index contributed by atoms with van der Waals surface area (Å²) in [4.78, 5) is 32.4. The lowest BCUT2D eigenvalue weighted by Crippen LogP contribution is -2.27. The zero-order valence-corrected chi connectivity index (χ0v) is 18.6. The van der Waals surface area contributed by atoms with E-state index in [1.807, 2.05) is 0 Å². The van der Waals surface area contributed by atoms with Gasteiger partial charge in [-0.3, -0.25) is 18.9 Å². The molecule has 32 heavy (non-hydrogen) atoms. The van der Waals surface area contributed by atoms with Gasteiger partial charge in [-0.25, -0.2) is 9.37 Å². The Labute approximate surface area is 192 Å². The predicted octanol–water partition coefficient (Wildman–Crippen LogP) is 3.03. The molecule has 1 fully saturated rings. The van der Waals surface area contributed by atoms with E-state index >= 15 is 0 Å². The van der Waals surface area contributed by atoms with E-state index in [4.69, 9.17) is 12.2 Å². The number of halogens is 1. The molecule has 0 saturated carbocycles. The number of thioether (sulfide) groups is 1. The van der Waals surface area contributed by atoms with Crippen molar-refractivity contribution in [2.75, 3.05) is 11.9 Å². The molecule has 0 spiro atoms. The predicted molar refractivity (Wildman–Crippen MR) is 127 cm³/mol. The molecule has 0 unspecified atom stereocenters. The Balaban J connectivity index is 1.71. The molecule has 2 N–H and O–H groups in total. The normalized spacial score (nSPS) is 16.2. The summed E-state index contributed by atoms with van der Waals surface area (Å²) in [6.45, 7) is 1.99. The van der Waals surface area contributed by atoms with E-state index in [9.17, 15) is 19.1 Å². The second-order valence-electron chi connectivity index (χ2n) is 7.23. The highest BCUT2D eigenvalue weighted by Gasteiger charge is 2.32. The molecule has 0 aliphatic carbocycles. The van der Waals surface area contributed by atoms with Crippen LogP contribution in [0.25, 0.3) is 11.7 Å². The van der Waals surface area contributed by atoms with Crippen LogP contribution in [0.5, 0.6) is 0 Å². The number of thiocarbonyl (C=S) groups is 1. The summed E-state index contributed by atoms with van der Waals surface area (Å²) < 4.78 is 14.9. The number of nitrogens with zero attached hydrogens (tertiary/aromatic N) is 3. The Morgan fingerprint density at radius 2 is 2.00 bits per heavy atom. The van der Waals surface area contributed by atoms with Gasteiger partial charge < -0.3 is 10.4 Å². The SMILES string of the molecule is C[C@H](O)CNc1nc2ccccn2c(=O)c1/C=C1\SC(=S)N(Cc2ccc(F)cc2)C1=O. The number of aliphatic hydroxyl groups excluding tert-OH is 1. The number of anilines is 1. The van der Waals surface area contributed by atoms with E-state index in [2.05, 4.69) is 10.3 Å². The molecule has 10 heteroatoms. The van der Waals surface area contributed by atoms with Crippen LogP contribution >= 0.6 is 24.0 Å². The van der Waals surface area contributed by atoms with Gasteiger partial charge in [-0.15, -0.1) is 0 Å². The van der Waals surface area contributed by atoms with Crippen LogP contribution < -0.4 is 10.9 Å². The number of carbonyl (C=O) groups excluding carboxylic acids is 1. The van der Waals surface area contributed by atoms with Crippen molar-refractivity contribution in [3.8, 4) is 0 Å². The molecular weight excluding hydrogens is 451 g/mol. The number of fused-ring (bicyclic) bond motifs is 1. The van der Waals surface area contributed by atoms with Crippen molar-refractivity contribution in [1.29, 1.82) is 0 Å². The molecular formula is C22H19FN4O3S2. The largest absolute Gasteiger partial charge is 0.392 e. The number of hydrogen-bond donors (Lipinski definition) is 2. The van der Waals surface area contributed by atoms with Gasteiger partial charge in [0.25, 0.3) is 11.5 Å². The van der Waals surface area contributed by atoms with E-state index in [1.165, 1.54) is 27.5 Å². The summed E-state index contributed by atoms with van der Waals surface area (Å²) >= 11 is 6.46. The summed E-state index contributed by atoms with van der Waals surface area (Å²) in [5.74, 6) is -0.435. The molecule has 3 heterocycles. The summed E-state index contributed by atoms with van der Waals surface area (Å²) in [6, 6.07) is 11.0. The Morgan fingerprint density at radius 1 is 1.25 bits per heavy atom. The molecule has 1 aliphatic rings. The fraction of sp³-hybridized carbons (Fsp3) is 0.182. The minimum atomic E-state index is -0.659. The second kappa shape index (κ2) is 9.19. The summed E-state index contributed by atoms with van der Waals surface area (Å²) in [6.07, 6.45) is 2.41. The number of pyridine rings is 1. The molecule has 2 aromatic heterocycles. The Morgan fingerprint density at radius 3 is 2.72 bits per heavy atom. The van der Waals surface area contributed by atoms with E-state index < -0.39 is 6.10 Å². The molecule has 1 aromatic carbocycles. The second-order valence-corrected chi connectivity index (χ2v) is 8.91. The minimum Gasteiger partial charge on any atom is -0.392 e. The molecule has 3 aromatic rings. The van der Waals surface area contributed by atoms with Gasteiger partial charge in [0.05, 0.1) is 23.1 Å². The van der Waals surface area contributed by atoms with E-state index in [0.717, 1.165) is 17.3 Å². The molecule has 1 atom stereocenters. The first-order chi connectivity index (χ1) is 15.3. The Bertz CT molecular complexity index is 1290. The highest BCUT2D eigenvalue weighted by atomic mass is 32.2. The Kier molecular flexibility index (Phi) is 6.35. The van der Waals surface area contributed by atoms with Crippen molar-refractivity contribution in [2.24, 2.45) is 0 Å². The minimum absolute atomic E-state index is 0.182.